The summed E-state index contributed by atoms with van der Waals surface area (Å²) in [6, 6.07) is 1.08. The maximum Gasteiger partial charge on any atom is 0.490 e. The number of H-pyrrole nitrogens is 1. The molecule has 1 aromatic heterocycles. The molecule has 5 atom stereocenters. The summed E-state index contributed by atoms with van der Waals surface area (Å²) in [6.07, 6.45) is -0.560. The summed E-state index contributed by atoms with van der Waals surface area (Å²) in [4.78, 5) is 60.2. The molecule has 1 aliphatic heterocycles. The highest BCUT2D eigenvalue weighted by atomic mass is 32.1. The van der Waals surface area contributed by atoms with Gasteiger partial charge in [-0.2, -0.15) is 21.3 Å². The Labute approximate surface area is 161 Å². The van der Waals surface area contributed by atoms with Gasteiger partial charge in [-0.1, -0.05) is 0 Å². The van der Waals surface area contributed by atoms with Gasteiger partial charge in [0.25, 0.3) is 5.56 Å². The maximum atomic E-state index is 11.8. The van der Waals surface area contributed by atoms with Crippen LogP contribution < -0.4 is 11.2 Å². The third-order valence-electron chi connectivity index (χ3n) is 3.18. The lowest BCUT2D eigenvalue weighted by atomic mass is 10.2. The Morgan fingerprint density at radius 2 is 1.82 bits per heavy atom. The molecular formula is C9H15N2O13P3S. The summed E-state index contributed by atoms with van der Waals surface area (Å²) in [5.74, 6) is 0. The second-order valence-electron chi connectivity index (χ2n) is 5.34. The monoisotopic (exact) mass is 484 g/mol. The molecule has 0 aromatic carbocycles. The highest BCUT2D eigenvalue weighted by Crippen LogP contribution is 2.66. The molecule has 0 bridgehead atoms. The van der Waals surface area contributed by atoms with E-state index in [2.05, 4.69) is 25.8 Å². The van der Waals surface area contributed by atoms with Gasteiger partial charge in [0.2, 0.25) is 0 Å². The Hall–Kier alpha value is -0.600. The number of hydrogen-bond acceptors (Lipinski definition) is 10. The zero-order valence-corrected chi connectivity index (χ0v) is 17.1. The van der Waals surface area contributed by atoms with Crippen LogP contribution >= 0.6 is 36.1 Å². The van der Waals surface area contributed by atoms with E-state index >= 15 is 0 Å². The second kappa shape index (κ2) is 8.64. The number of ether oxygens (including phenoxy) is 1. The van der Waals surface area contributed by atoms with Gasteiger partial charge < -0.3 is 24.3 Å². The quantitative estimate of drug-likeness (QED) is 0.202. The van der Waals surface area contributed by atoms with Crippen LogP contribution in [-0.2, 0) is 31.6 Å². The third-order valence-corrected chi connectivity index (χ3v) is 7.53. The summed E-state index contributed by atoms with van der Waals surface area (Å²) >= 11 is 4.19. The first-order valence-corrected chi connectivity index (χ1v) is 12.1. The zero-order chi connectivity index (χ0) is 21.3. The van der Waals surface area contributed by atoms with E-state index < -0.39 is 58.9 Å². The first-order valence-electron chi connectivity index (χ1n) is 7.11. The van der Waals surface area contributed by atoms with Gasteiger partial charge in [0, 0.05) is 23.9 Å². The summed E-state index contributed by atoms with van der Waals surface area (Å²) in [5, 5.41) is -0.615. The smallest absolute Gasteiger partial charge is 0.351 e. The van der Waals surface area contributed by atoms with E-state index in [1.807, 2.05) is 4.98 Å². The van der Waals surface area contributed by atoms with Crippen molar-refractivity contribution < 1.29 is 51.2 Å². The van der Waals surface area contributed by atoms with E-state index in [9.17, 15) is 28.2 Å². The van der Waals surface area contributed by atoms with Crippen molar-refractivity contribution in [1.29, 1.82) is 0 Å². The number of aromatic amines is 1. The Balaban J connectivity index is 1.99. The van der Waals surface area contributed by atoms with Gasteiger partial charge in [-0.3, -0.25) is 18.9 Å². The number of hydrogen-bond donors (Lipinski definition) is 6. The molecule has 0 saturated carbocycles. The normalized spacial score (nSPS) is 27.2. The highest BCUT2D eigenvalue weighted by molar-refractivity contribution is 7.81. The van der Waals surface area contributed by atoms with Crippen LogP contribution in [0.1, 0.15) is 12.6 Å². The lowest BCUT2D eigenvalue weighted by Crippen LogP contribution is -2.31. The molecule has 160 valence electrons. The summed E-state index contributed by atoms with van der Waals surface area (Å²) in [7, 11) is -16.4. The number of phosphoric acid groups is 3. The largest absolute Gasteiger partial charge is 0.490 e. The number of phosphoric ester groups is 1. The molecular weight excluding hydrogens is 469 g/mol. The number of thiol groups is 1. The van der Waals surface area contributed by atoms with Crippen LogP contribution in [0.2, 0.25) is 0 Å². The van der Waals surface area contributed by atoms with Crippen molar-refractivity contribution in [2.24, 2.45) is 0 Å². The molecule has 2 rings (SSSR count). The van der Waals surface area contributed by atoms with Crippen molar-refractivity contribution in [1.82, 2.24) is 9.55 Å². The average Bonchev–Trinajstić information content (AvgIpc) is 2.82. The molecule has 19 heteroatoms. The minimum absolute atomic E-state index is 0.138. The van der Waals surface area contributed by atoms with Crippen LogP contribution in [0.15, 0.2) is 21.9 Å². The van der Waals surface area contributed by atoms with Crippen molar-refractivity contribution in [3.05, 3.63) is 33.1 Å². The summed E-state index contributed by atoms with van der Waals surface area (Å²) < 4.78 is 51.6. The fourth-order valence-electron chi connectivity index (χ4n) is 2.16. The van der Waals surface area contributed by atoms with Crippen LogP contribution in [-0.4, -0.2) is 47.1 Å². The van der Waals surface area contributed by atoms with E-state index in [1.165, 1.54) is 6.20 Å². The van der Waals surface area contributed by atoms with Crippen molar-refractivity contribution in [3.8, 4) is 0 Å². The Morgan fingerprint density at radius 1 is 1.18 bits per heavy atom. The van der Waals surface area contributed by atoms with Crippen LogP contribution in [0.5, 0.6) is 0 Å². The van der Waals surface area contributed by atoms with Gasteiger partial charge in [-0.25, -0.2) is 18.5 Å². The van der Waals surface area contributed by atoms with Gasteiger partial charge >= 0.3 is 29.2 Å². The molecule has 0 radical (unpaired) electrons. The molecule has 1 fully saturated rings. The number of nitrogens with one attached hydrogen (secondary N) is 1. The van der Waals surface area contributed by atoms with Gasteiger partial charge in [-0.15, -0.1) is 0 Å². The lowest BCUT2D eigenvalue weighted by Gasteiger charge is -2.19. The number of aromatic nitrogens is 2. The first-order chi connectivity index (χ1) is 12.7. The molecule has 5 N–H and O–H groups in total. The van der Waals surface area contributed by atoms with E-state index in [4.69, 9.17) is 19.4 Å². The fraction of sp³-hybridized carbons (Fsp3) is 0.556. The Bertz CT molecular complexity index is 970. The zero-order valence-electron chi connectivity index (χ0n) is 13.5. The molecule has 0 aliphatic carbocycles. The van der Waals surface area contributed by atoms with Crippen molar-refractivity contribution in [2.75, 3.05) is 6.61 Å². The topological polar surface area (TPSA) is 224 Å². The fourth-order valence-corrected chi connectivity index (χ4v) is 5.53. The van der Waals surface area contributed by atoms with Crippen LogP contribution in [0.3, 0.4) is 0 Å². The SMILES string of the molecule is O=c1ccn([C@H]2C[C@H](S)[C@@H](COP(=O)(O)OP(=O)(O)OP(=O)(O)O)O2)c(=O)[nH]1. The minimum Gasteiger partial charge on any atom is -0.351 e. The Kier molecular flexibility index (Phi) is 7.31. The second-order valence-corrected chi connectivity index (χ2v) is 10.4. The van der Waals surface area contributed by atoms with E-state index in [-0.39, 0.29) is 6.42 Å². The lowest BCUT2D eigenvalue weighted by molar-refractivity contribution is -0.0234. The molecule has 28 heavy (non-hydrogen) atoms. The minimum atomic E-state index is -5.62. The maximum absolute atomic E-state index is 11.8. The molecule has 2 unspecified atom stereocenters. The predicted octanol–water partition coefficient (Wildman–Crippen LogP) is -0.534. The molecule has 0 amide bonds. The molecule has 1 aromatic rings. The van der Waals surface area contributed by atoms with Gasteiger partial charge in [0.05, 0.1) is 12.7 Å². The Morgan fingerprint density at radius 3 is 2.39 bits per heavy atom. The average molecular weight is 484 g/mol. The predicted molar refractivity (Wildman–Crippen MR) is 92.4 cm³/mol. The number of rotatable bonds is 8. The third kappa shape index (κ3) is 7.02. The molecule has 1 aliphatic rings. The van der Waals surface area contributed by atoms with Crippen LogP contribution in [0.25, 0.3) is 0 Å². The summed E-state index contributed by atoms with van der Waals surface area (Å²) in [6.45, 7) is -0.702. The number of nitrogens with zero attached hydrogens (tertiary/aromatic N) is 1. The van der Waals surface area contributed by atoms with E-state index in [0.717, 1.165) is 10.6 Å². The van der Waals surface area contributed by atoms with Gasteiger partial charge in [0.1, 0.15) is 6.23 Å². The standard InChI is InChI=1S/C9H15N2O13P3S/c12-7-1-2-11(9(13)10-7)8-3-6(28)5(22-8)4-21-26(17,18)24-27(19,20)23-25(14,15)16/h1-2,5-6,8,28H,3-4H2,(H,17,18)(H,19,20)(H,10,12,13)(H2,14,15,16)/t5-,6+,8-/m1/s1. The van der Waals surface area contributed by atoms with Crippen molar-refractivity contribution in [3.63, 3.8) is 0 Å². The molecule has 2 heterocycles. The molecule has 0 spiro atoms. The van der Waals surface area contributed by atoms with Crippen molar-refractivity contribution in [2.45, 2.75) is 24.0 Å². The highest BCUT2D eigenvalue weighted by Gasteiger charge is 2.42. The van der Waals surface area contributed by atoms with Crippen LogP contribution in [0.4, 0.5) is 0 Å². The van der Waals surface area contributed by atoms with Gasteiger partial charge in [-0.05, 0) is 0 Å². The summed E-state index contributed by atoms with van der Waals surface area (Å²) in [5.41, 5.74) is -1.38. The van der Waals surface area contributed by atoms with Crippen molar-refractivity contribution >= 4 is 36.1 Å². The molecule has 15 nitrogen and oxygen atoms in total. The van der Waals surface area contributed by atoms with Gasteiger partial charge in [0.15, 0.2) is 0 Å². The first kappa shape index (κ1) is 23.7. The van der Waals surface area contributed by atoms with E-state index in [0.29, 0.717) is 0 Å². The van der Waals surface area contributed by atoms with E-state index in [1.54, 1.807) is 0 Å². The molecule has 1 saturated heterocycles. The van der Waals surface area contributed by atoms with Crippen LogP contribution in [0, 0.1) is 0 Å².